The average Bonchev–Trinajstić information content (AvgIpc) is 2.83. The fraction of sp³-hybridized carbons (Fsp3) is 0.192. The van der Waals surface area contributed by atoms with Crippen LogP contribution in [0, 0.1) is 5.92 Å². The second kappa shape index (κ2) is 12.3. The molecule has 176 valence electrons. The van der Waals surface area contributed by atoms with Crippen molar-refractivity contribution in [1.82, 2.24) is 10.7 Å². The lowest BCUT2D eigenvalue weighted by Gasteiger charge is -2.20. The van der Waals surface area contributed by atoms with Crippen LogP contribution in [-0.2, 0) is 11.4 Å². The molecule has 0 aliphatic carbocycles. The van der Waals surface area contributed by atoms with Crippen molar-refractivity contribution in [3.8, 4) is 5.75 Å². The molecule has 1 atom stereocenters. The van der Waals surface area contributed by atoms with Crippen molar-refractivity contribution < 1.29 is 14.3 Å². The second-order valence-electron chi connectivity index (χ2n) is 7.86. The highest BCUT2D eigenvalue weighted by molar-refractivity contribution is 9.10. The molecule has 3 aromatic carbocycles. The number of hydrazone groups is 1. The second-order valence-corrected chi connectivity index (χ2v) is 9.18. The normalized spacial score (nSPS) is 11.9. The van der Waals surface area contributed by atoms with Crippen LogP contribution in [0.3, 0.4) is 0 Å². The fourth-order valence-corrected chi connectivity index (χ4v) is 3.68. The first-order valence-corrected chi connectivity index (χ1v) is 11.9. The van der Waals surface area contributed by atoms with E-state index in [-0.39, 0.29) is 18.4 Å². The van der Waals surface area contributed by atoms with Crippen molar-refractivity contribution in [2.45, 2.75) is 26.5 Å². The molecule has 0 aromatic heterocycles. The molecule has 34 heavy (non-hydrogen) atoms. The molecule has 0 aliphatic heterocycles. The van der Waals surface area contributed by atoms with E-state index in [1.165, 1.54) is 6.21 Å². The summed E-state index contributed by atoms with van der Waals surface area (Å²) in [6.07, 6.45) is 1.50. The summed E-state index contributed by atoms with van der Waals surface area (Å²) < 4.78 is 6.77. The number of ether oxygens (including phenoxy) is 1. The highest BCUT2D eigenvalue weighted by atomic mass is 79.9. The monoisotopic (exact) mass is 541 g/mol. The van der Waals surface area contributed by atoms with Gasteiger partial charge in [-0.1, -0.05) is 77.8 Å². The SMILES string of the molecule is CC(C)C(NC(=O)c1ccccc1)C(=O)N/N=C/c1cc(Br)ccc1OCc1ccccc1Cl. The van der Waals surface area contributed by atoms with Crippen LogP contribution in [0.1, 0.15) is 35.3 Å². The van der Waals surface area contributed by atoms with E-state index in [1.54, 1.807) is 36.4 Å². The molecule has 0 spiro atoms. The summed E-state index contributed by atoms with van der Waals surface area (Å²) in [5, 5.41) is 7.50. The molecule has 0 saturated heterocycles. The van der Waals surface area contributed by atoms with Gasteiger partial charge in [-0.2, -0.15) is 5.10 Å². The molecule has 0 heterocycles. The van der Waals surface area contributed by atoms with E-state index in [9.17, 15) is 9.59 Å². The third kappa shape index (κ3) is 7.17. The Labute approximate surface area is 212 Å². The van der Waals surface area contributed by atoms with Gasteiger partial charge in [-0.05, 0) is 42.3 Å². The highest BCUT2D eigenvalue weighted by Crippen LogP contribution is 2.24. The van der Waals surface area contributed by atoms with E-state index >= 15 is 0 Å². The summed E-state index contributed by atoms with van der Waals surface area (Å²) in [7, 11) is 0. The zero-order chi connectivity index (χ0) is 24.5. The van der Waals surface area contributed by atoms with Crippen LogP contribution >= 0.6 is 27.5 Å². The summed E-state index contributed by atoms with van der Waals surface area (Å²) in [6.45, 7) is 4.00. The van der Waals surface area contributed by atoms with Crippen LogP contribution in [0.5, 0.6) is 5.75 Å². The topological polar surface area (TPSA) is 79.8 Å². The van der Waals surface area contributed by atoms with Crippen LogP contribution in [-0.4, -0.2) is 24.1 Å². The minimum Gasteiger partial charge on any atom is -0.488 e. The van der Waals surface area contributed by atoms with Crippen molar-refractivity contribution in [3.63, 3.8) is 0 Å². The van der Waals surface area contributed by atoms with Gasteiger partial charge in [0, 0.05) is 26.2 Å². The minimum atomic E-state index is -0.747. The minimum absolute atomic E-state index is 0.136. The Kier molecular flexibility index (Phi) is 9.24. The van der Waals surface area contributed by atoms with Gasteiger partial charge in [0.05, 0.1) is 6.21 Å². The maximum atomic E-state index is 12.7. The molecule has 0 saturated carbocycles. The molecule has 1 unspecified atom stereocenters. The number of halogens is 2. The number of carbonyl (C=O) groups excluding carboxylic acids is 2. The molecule has 8 heteroatoms. The van der Waals surface area contributed by atoms with Crippen LogP contribution in [0.2, 0.25) is 5.02 Å². The van der Waals surface area contributed by atoms with Crippen molar-refractivity contribution in [2.75, 3.05) is 0 Å². The van der Waals surface area contributed by atoms with E-state index in [0.29, 0.717) is 21.9 Å². The Bertz CT molecular complexity index is 1170. The van der Waals surface area contributed by atoms with Gasteiger partial charge in [-0.15, -0.1) is 0 Å². The largest absolute Gasteiger partial charge is 0.488 e. The summed E-state index contributed by atoms with van der Waals surface area (Å²) in [6, 6.07) is 21.0. The zero-order valence-corrected chi connectivity index (χ0v) is 21.1. The molecule has 3 aromatic rings. The van der Waals surface area contributed by atoms with Crippen molar-refractivity contribution in [3.05, 3.63) is 99.0 Å². The van der Waals surface area contributed by atoms with Gasteiger partial charge in [-0.3, -0.25) is 9.59 Å². The number of amides is 2. The molecule has 0 radical (unpaired) electrons. The highest BCUT2D eigenvalue weighted by Gasteiger charge is 2.24. The fourth-order valence-electron chi connectivity index (χ4n) is 3.11. The Morgan fingerprint density at radius 2 is 1.76 bits per heavy atom. The lowest BCUT2D eigenvalue weighted by atomic mass is 10.0. The number of benzene rings is 3. The molecule has 2 amide bonds. The first kappa shape index (κ1) is 25.5. The number of nitrogens with zero attached hydrogens (tertiary/aromatic N) is 1. The van der Waals surface area contributed by atoms with Gasteiger partial charge in [0.15, 0.2) is 0 Å². The first-order chi connectivity index (χ1) is 16.3. The van der Waals surface area contributed by atoms with Crippen LogP contribution < -0.4 is 15.5 Å². The van der Waals surface area contributed by atoms with Gasteiger partial charge in [0.2, 0.25) is 0 Å². The molecule has 3 rings (SSSR count). The third-order valence-corrected chi connectivity index (χ3v) is 5.82. The first-order valence-electron chi connectivity index (χ1n) is 10.7. The lowest BCUT2D eigenvalue weighted by Crippen LogP contribution is -2.48. The van der Waals surface area contributed by atoms with Gasteiger partial charge in [-0.25, -0.2) is 5.43 Å². The predicted octanol–water partition coefficient (Wildman–Crippen LogP) is 5.59. The van der Waals surface area contributed by atoms with Gasteiger partial charge in [0.1, 0.15) is 18.4 Å². The average molecular weight is 543 g/mol. The van der Waals surface area contributed by atoms with Crippen LogP contribution in [0.15, 0.2) is 82.4 Å². The van der Waals surface area contributed by atoms with Crippen molar-refractivity contribution in [2.24, 2.45) is 11.0 Å². The van der Waals surface area contributed by atoms with Crippen molar-refractivity contribution >= 4 is 45.6 Å². The zero-order valence-electron chi connectivity index (χ0n) is 18.8. The molecule has 0 fully saturated rings. The molecular formula is C26H25BrClN3O3. The van der Waals surface area contributed by atoms with E-state index in [1.807, 2.05) is 50.2 Å². The standard InChI is InChI=1S/C26H25BrClN3O3/c1-17(2)24(30-25(32)18-8-4-3-5-9-18)26(33)31-29-15-20-14-21(27)12-13-23(20)34-16-19-10-6-7-11-22(19)28/h3-15,17,24H,16H2,1-2H3,(H,30,32)(H,31,33)/b29-15+. The third-order valence-electron chi connectivity index (χ3n) is 4.96. The van der Waals surface area contributed by atoms with E-state index in [4.69, 9.17) is 16.3 Å². The van der Waals surface area contributed by atoms with Crippen LogP contribution in [0.25, 0.3) is 0 Å². The Balaban J connectivity index is 1.67. The van der Waals surface area contributed by atoms with E-state index in [2.05, 4.69) is 31.8 Å². The number of nitrogens with one attached hydrogen (secondary N) is 2. The number of rotatable bonds is 9. The molecule has 6 nitrogen and oxygen atoms in total. The van der Waals surface area contributed by atoms with Gasteiger partial charge >= 0.3 is 0 Å². The number of carbonyl (C=O) groups is 2. The quantitative estimate of drug-likeness (QED) is 0.273. The summed E-state index contributed by atoms with van der Waals surface area (Å²) in [5.74, 6) is -0.285. The van der Waals surface area contributed by atoms with E-state index < -0.39 is 11.9 Å². The summed E-state index contributed by atoms with van der Waals surface area (Å²) >= 11 is 9.66. The maximum Gasteiger partial charge on any atom is 0.262 e. The smallest absolute Gasteiger partial charge is 0.262 e. The predicted molar refractivity (Wildman–Crippen MR) is 138 cm³/mol. The Hall–Kier alpha value is -3.16. The van der Waals surface area contributed by atoms with Gasteiger partial charge in [0.25, 0.3) is 11.8 Å². The molecule has 2 N–H and O–H groups in total. The Morgan fingerprint density at radius 1 is 1.06 bits per heavy atom. The number of hydrogen-bond donors (Lipinski definition) is 2. The van der Waals surface area contributed by atoms with Crippen molar-refractivity contribution in [1.29, 1.82) is 0 Å². The lowest BCUT2D eigenvalue weighted by molar-refractivity contribution is -0.123. The van der Waals surface area contributed by atoms with Crippen LogP contribution in [0.4, 0.5) is 0 Å². The molecule has 0 aliphatic rings. The molecule has 0 bridgehead atoms. The maximum absolute atomic E-state index is 12.7. The number of hydrogen-bond acceptors (Lipinski definition) is 4. The van der Waals surface area contributed by atoms with Gasteiger partial charge < -0.3 is 10.1 Å². The summed E-state index contributed by atoms with van der Waals surface area (Å²) in [4.78, 5) is 25.2. The Morgan fingerprint density at radius 3 is 2.47 bits per heavy atom. The summed E-state index contributed by atoms with van der Waals surface area (Å²) in [5.41, 5.74) is 4.53. The molecular weight excluding hydrogens is 518 g/mol. The van der Waals surface area contributed by atoms with E-state index in [0.717, 1.165) is 10.0 Å².